The average Bonchev–Trinajstić information content (AvgIpc) is 2.88. The molecule has 4 nitrogen and oxygen atoms in total. The lowest BCUT2D eigenvalue weighted by molar-refractivity contribution is 0.474. The highest BCUT2D eigenvalue weighted by Gasteiger charge is 2.11. The summed E-state index contributed by atoms with van der Waals surface area (Å²) in [5.41, 5.74) is 0.269. The van der Waals surface area contributed by atoms with Crippen molar-refractivity contribution >= 4 is 11.1 Å². The van der Waals surface area contributed by atoms with E-state index >= 15 is 0 Å². The fourth-order valence-electron chi connectivity index (χ4n) is 2.88. The van der Waals surface area contributed by atoms with Crippen LogP contribution in [0.25, 0.3) is 11.1 Å². The largest absolute Gasteiger partial charge is 0.443 e. The first kappa shape index (κ1) is 16.8. The molecule has 0 saturated carbocycles. The molecule has 0 aliphatic carbocycles. The minimum atomic E-state index is -0.211. The number of hydrogen-bond acceptors (Lipinski definition) is 3. The Bertz CT molecular complexity index is 642. The van der Waals surface area contributed by atoms with E-state index in [9.17, 15) is 4.79 Å². The number of fused-ring (bicyclic) bond motifs is 1. The van der Waals surface area contributed by atoms with Gasteiger partial charge in [0, 0.05) is 18.7 Å². The standard InChI is InChI=1S/C18H28N2O2/c1-4-6-7-8-9-11-16-12-15-13-20(14(3)10-5-2)18(21)19-17(15)22-16/h12-14H,4-11H2,1-3H3. The molecule has 0 bridgehead atoms. The van der Waals surface area contributed by atoms with Gasteiger partial charge < -0.3 is 4.42 Å². The Morgan fingerprint density at radius 2 is 1.95 bits per heavy atom. The van der Waals surface area contributed by atoms with Gasteiger partial charge in [-0.15, -0.1) is 0 Å². The van der Waals surface area contributed by atoms with Gasteiger partial charge in [-0.25, -0.2) is 4.79 Å². The van der Waals surface area contributed by atoms with E-state index in [4.69, 9.17) is 4.42 Å². The number of furan rings is 1. The van der Waals surface area contributed by atoms with Gasteiger partial charge in [0.25, 0.3) is 0 Å². The molecule has 122 valence electrons. The molecule has 22 heavy (non-hydrogen) atoms. The summed E-state index contributed by atoms with van der Waals surface area (Å²) in [6, 6.07) is 2.22. The van der Waals surface area contributed by atoms with Crippen molar-refractivity contribution in [3.05, 3.63) is 28.5 Å². The van der Waals surface area contributed by atoms with Crippen molar-refractivity contribution in [2.45, 2.75) is 78.2 Å². The summed E-state index contributed by atoms with van der Waals surface area (Å²) >= 11 is 0. The van der Waals surface area contributed by atoms with E-state index in [1.807, 2.05) is 12.3 Å². The van der Waals surface area contributed by atoms with E-state index in [0.717, 1.165) is 36.8 Å². The SMILES string of the molecule is CCCCCCCc1cc2cn(C(C)CCC)c(=O)nc2o1. The maximum absolute atomic E-state index is 12.1. The highest BCUT2D eigenvalue weighted by Crippen LogP contribution is 2.20. The molecule has 2 rings (SSSR count). The average molecular weight is 304 g/mol. The number of nitrogens with zero attached hydrogens (tertiary/aromatic N) is 2. The van der Waals surface area contributed by atoms with Crippen LogP contribution in [0.15, 0.2) is 21.5 Å². The molecule has 0 amide bonds. The lowest BCUT2D eigenvalue weighted by atomic mass is 10.1. The maximum atomic E-state index is 12.1. The lowest BCUT2D eigenvalue weighted by Gasteiger charge is -2.12. The van der Waals surface area contributed by atoms with Crippen LogP contribution in [0.4, 0.5) is 0 Å². The second-order valence-electron chi connectivity index (χ2n) is 6.21. The van der Waals surface area contributed by atoms with Crippen molar-refractivity contribution < 1.29 is 4.42 Å². The Morgan fingerprint density at radius 3 is 2.68 bits per heavy atom. The number of hydrogen-bond donors (Lipinski definition) is 0. The van der Waals surface area contributed by atoms with E-state index in [1.165, 1.54) is 25.7 Å². The van der Waals surface area contributed by atoms with Crippen LogP contribution < -0.4 is 5.69 Å². The molecule has 0 aromatic carbocycles. The van der Waals surface area contributed by atoms with Crippen LogP contribution in [0.2, 0.25) is 0 Å². The minimum Gasteiger partial charge on any atom is -0.443 e. The van der Waals surface area contributed by atoms with Gasteiger partial charge in [-0.1, -0.05) is 46.0 Å². The first-order chi connectivity index (χ1) is 10.7. The topological polar surface area (TPSA) is 48.0 Å². The van der Waals surface area contributed by atoms with Gasteiger partial charge in [-0.3, -0.25) is 4.57 Å². The molecular formula is C18H28N2O2. The summed E-state index contributed by atoms with van der Waals surface area (Å²) in [6.07, 6.45) is 11.1. The Kier molecular flexibility index (Phi) is 6.22. The number of aromatic nitrogens is 2. The zero-order valence-electron chi connectivity index (χ0n) is 14.1. The van der Waals surface area contributed by atoms with Gasteiger partial charge >= 0.3 is 5.69 Å². The van der Waals surface area contributed by atoms with Gasteiger partial charge in [-0.2, -0.15) is 4.98 Å². The summed E-state index contributed by atoms with van der Waals surface area (Å²) < 4.78 is 7.45. The van der Waals surface area contributed by atoms with Gasteiger partial charge in [0.05, 0.1) is 5.39 Å². The maximum Gasteiger partial charge on any atom is 0.351 e. The molecule has 1 unspecified atom stereocenters. The van der Waals surface area contributed by atoms with E-state index < -0.39 is 0 Å². The molecule has 2 heterocycles. The Morgan fingerprint density at radius 1 is 1.18 bits per heavy atom. The summed E-state index contributed by atoms with van der Waals surface area (Å²) in [7, 11) is 0. The second kappa shape index (κ2) is 8.16. The van der Waals surface area contributed by atoms with Crippen molar-refractivity contribution in [3.8, 4) is 0 Å². The third-order valence-electron chi connectivity index (χ3n) is 4.20. The summed E-state index contributed by atoms with van der Waals surface area (Å²) in [5, 5.41) is 0.936. The molecular weight excluding hydrogens is 276 g/mol. The third-order valence-corrected chi connectivity index (χ3v) is 4.20. The van der Waals surface area contributed by atoms with Crippen molar-refractivity contribution in [1.82, 2.24) is 9.55 Å². The quantitative estimate of drug-likeness (QED) is 0.621. The molecule has 2 aromatic rings. The molecule has 1 atom stereocenters. The van der Waals surface area contributed by atoms with Crippen LogP contribution in [0.3, 0.4) is 0 Å². The highest BCUT2D eigenvalue weighted by molar-refractivity contribution is 5.72. The van der Waals surface area contributed by atoms with Gasteiger partial charge in [0.2, 0.25) is 5.71 Å². The van der Waals surface area contributed by atoms with E-state index in [-0.39, 0.29) is 11.7 Å². The molecule has 0 spiro atoms. The first-order valence-corrected chi connectivity index (χ1v) is 8.67. The van der Waals surface area contributed by atoms with Gasteiger partial charge in [0.1, 0.15) is 5.76 Å². The van der Waals surface area contributed by atoms with Gasteiger partial charge in [-0.05, 0) is 25.8 Å². The minimum absolute atomic E-state index is 0.182. The molecule has 0 saturated heterocycles. The number of unbranched alkanes of at least 4 members (excludes halogenated alkanes) is 4. The Labute approximate surface area is 132 Å². The Balaban J connectivity index is 2.08. The molecule has 0 N–H and O–H groups in total. The fourth-order valence-corrected chi connectivity index (χ4v) is 2.88. The molecule has 4 heteroatoms. The zero-order valence-corrected chi connectivity index (χ0v) is 14.1. The van der Waals surface area contributed by atoms with Crippen molar-refractivity contribution in [2.24, 2.45) is 0 Å². The van der Waals surface area contributed by atoms with Crippen molar-refractivity contribution in [3.63, 3.8) is 0 Å². The predicted octanol–water partition coefficient (Wildman–Crippen LogP) is 4.86. The van der Waals surface area contributed by atoms with E-state index in [1.54, 1.807) is 4.57 Å². The van der Waals surface area contributed by atoms with Crippen LogP contribution in [0.5, 0.6) is 0 Å². The normalized spacial score (nSPS) is 12.9. The first-order valence-electron chi connectivity index (χ1n) is 8.67. The summed E-state index contributed by atoms with van der Waals surface area (Å²) in [4.78, 5) is 16.2. The predicted molar refractivity (Wildman–Crippen MR) is 90.4 cm³/mol. The third kappa shape index (κ3) is 4.21. The van der Waals surface area contributed by atoms with E-state index in [2.05, 4.69) is 25.8 Å². The van der Waals surface area contributed by atoms with Crippen LogP contribution in [0.1, 0.15) is 77.5 Å². The van der Waals surface area contributed by atoms with Crippen LogP contribution in [0, 0.1) is 0 Å². The van der Waals surface area contributed by atoms with Crippen LogP contribution >= 0.6 is 0 Å². The van der Waals surface area contributed by atoms with Crippen LogP contribution in [-0.2, 0) is 6.42 Å². The Hall–Kier alpha value is -1.58. The molecule has 0 fully saturated rings. The van der Waals surface area contributed by atoms with Crippen LogP contribution in [-0.4, -0.2) is 9.55 Å². The molecule has 0 aliphatic rings. The summed E-state index contributed by atoms with van der Waals surface area (Å²) in [6.45, 7) is 6.41. The number of aryl methyl sites for hydroxylation is 1. The fraction of sp³-hybridized carbons (Fsp3) is 0.667. The monoisotopic (exact) mass is 304 g/mol. The molecule has 2 aromatic heterocycles. The zero-order chi connectivity index (χ0) is 15.9. The highest BCUT2D eigenvalue weighted by atomic mass is 16.3. The second-order valence-corrected chi connectivity index (χ2v) is 6.21. The van der Waals surface area contributed by atoms with Crippen molar-refractivity contribution in [2.75, 3.05) is 0 Å². The lowest BCUT2D eigenvalue weighted by Crippen LogP contribution is -2.24. The molecule has 0 radical (unpaired) electrons. The van der Waals surface area contributed by atoms with E-state index in [0.29, 0.717) is 5.71 Å². The summed E-state index contributed by atoms with van der Waals surface area (Å²) in [5.74, 6) is 0.944. The number of rotatable bonds is 9. The smallest absolute Gasteiger partial charge is 0.351 e. The van der Waals surface area contributed by atoms with Gasteiger partial charge in [0.15, 0.2) is 0 Å². The molecule has 0 aliphatic heterocycles. The van der Waals surface area contributed by atoms with Crippen molar-refractivity contribution in [1.29, 1.82) is 0 Å².